The van der Waals surface area contributed by atoms with E-state index in [1.807, 2.05) is 12.1 Å². The smallest absolute Gasteiger partial charge is 0.136 e. The van der Waals surface area contributed by atoms with E-state index >= 15 is 0 Å². The number of amidine groups is 1. The van der Waals surface area contributed by atoms with Crippen LogP contribution in [-0.2, 0) is 0 Å². The van der Waals surface area contributed by atoms with Crippen molar-refractivity contribution in [3.8, 4) is 5.69 Å². The average molecular weight is 244 g/mol. The van der Waals surface area contributed by atoms with Crippen LogP contribution in [-0.4, -0.2) is 28.7 Å². The Labute approximate surface area is 104 Å². The van der Waals surface area contributed by atoms with Crippen LogP contribution in [0.4, 0.5) is 4.39 Å². The lowest BCUT2D eigenvalue weighted by Crippen LogP contribution is -2.32. The summed E-state index contributed by atoms with van der Waals surface area (Å²) in [5, 5.41) is 7.30. The van der Waals surface area contributed by atoms with Crippen molar-refractivity contribution in [1.29, 1.82) is 0 Å². The van der Waals surface area contributed by atoms with Gasteiger partial charge in [0.15, 0.2) is 0 Å². The van der Waals surface area contributed by atoms with Gasteiger partial charge < -0.3 is 5.32 Å². The zero-order chi connectivity index (χ0) is 12.4. The summed E-state index contributed by atoms with van der Waals surface area (Å²) in [7, 11) is 0. The zero-order valence-corrected chi connectivity index (χ0v) is 9.81. The summed E-state index contributed by atoms with van der Waals surface area (Å²) in [5.41, 5.74) is 1.19. The summed E-state index contributed by atoms with van der Waals surface area (Å²) in [6.07, 6.45) is 4.45. The van der Waals surface area contributed by atoms with Crippen LogP contribution in [0.1, 0.15) is 12.0 Å². The van der Waals surface area contributed by atoms with Crippen LogP contribution in [0, 0.1) is 5.82 Å². The third kappa shape index (κ3) is 1.88. The van der Waals surface area contributed by atoms with Gasteiger partial charge in [0.25, 0.3) is 0 Å². The van der Waals surface area contributed by atoms with Crippen molar-refractivity contribution in [2.24, 2.45) is 4.99 Å². The third-order valence-electron chi connectivity index (χ3n) is 2.88. The second-order valence-electron chi connectivity index (χ2n) is 4.10. The van der Waals surface area contributed by atoms with Gasteiger partial charge in [0, 0.05) is 25.5 Å². The summed E-state index contributed by atoms with van der Waals surface area (Å²) < 4.78 is 15.7. The molecule has 0 amide bonds. The molecule has 1 aromatic heterocycles. The fourth-order valence-electron chi connectivity index (χ4n) is 2.05. The highest BCUT2D eigenvalue weighted by molar-refractivity contribution is 6.02. The summed E-state index contributed by atoms with van der Waals surface area (Å²) in [6.45, 7) is 1.56. The molecule has 0 radical (unpaired) electrons. The van der Waals surface area contributed by atoms with Crippen LogP contribution in [0.3, 0.4) is 0 Å². The van der Waals surface area contributed by atoms with Crippen molar-refractivity contribution in [2.45, 2.75) is 6.42 Å². The molecular weight excluding hydrogens is 231 g/mol. The number of nitrogens with zero attached hydrogens (tertiary/aromatic N) is 3. The molecule has 4 nitrogen and oxygen atoms in total. The standard InChI is InChI=1S/C13H13FN4/c14-10-4-1-5-11(18-9-3-8-17-18)12(10)13-15-6-2-7-16-13/h1,3-5,8-9H,2,6-7H2,(H,15,16). The Morgan fingerprint density at radius 2 is 2.22 bits per heavy atom. The van der Waals surface area contributed by atoms with Crippen LogP contribution in [0.2, 0.25) is 0 Å². The summed E-state index contributed by atoms with van der Waals surface area (Å²) in [4.78, 5) is 4.36. The molecule has 1 N–H and O–H groups in total. The monoisotopic (exact) mass is 244 g/mol. The maximum absolute atomic E-state index is 14.1. The summed E-state index contributed by atoms with van der Waals surface area (Å²) in [5.74, 6) is 0.334. The normalized spacial score (nSPS) is 15.1. The number of benzene rings is 1. The first kappa shape index (κ1) is 11.0. The molecule has 0 spiro atoms. The van der Waals surface area contributed by atoms with Gasteiger partial charge in [-0.1, -0.05) is 6.07 Å². The van der Waals surface area contributed by atoms with Gasteiger partial charge in [-0.15, -0.1) is 0 Å². The summed E-state index contributed by atoms with van der Waals surface area (Å²) >= 11 is 0. The number of halogens is 1. The van der Waals surface area contributed by atoms with Crippen LogP contribution in [0.15, 0.2) is 41.7 Å². The molecule has 0 unspecified atom stereocenters. The minimum absolute atomic E-state index is 0.281. The maximum Gasteiger partial charge on any atom is 0.136 e. The predicted molar refractivity (Wildman–Crippen MR) is 67.5 cm³/mol. The Balaban J connectivity index is 2.15. The van der Waals surface area contributed by atoms with Gasteiger partial charge in [0.1, 0.15) is 11.7 Å². The molecule has 0 aliphatic carbocycles. The lowest BCUT2D eigenvalue weighted by atomic mass is 10.1. The van der Waals surface area contributed by atoms with Crippen LogP contribution in [0.25, 0.3) is 5.69 Å². The van der Waals surface area contributed by atoms with Crippen molar-refractivity contribution in [3.05, 3.63) is 48.0 Å². The minimum atomic E-state index is -0.281. The molecule has 0 bridgehead atoms. The van der Waals surface area contributed by atoms with Gasteiger partial charge in [0.05, 0.1) is 11.3 Å². The molecular formula is C13H13FN4. The number of hydrogen-bond acceptors (Lipinski definition) is 3. The second-order valence-corrected chi connectivity index (χ2v) is 4.10. The molecule has 0 saturated heterocycles. The number of hydrogen-bond donors (Lipinski definition) is 1. The predicted octanol–water partition coefficient (Wildman–Crippen LogP) is 1.75. The first-order valence-electron chi connectivity index (χ1n) is 5.93. The van der Waals surface area contributed by atoms with E-state index in [1.165, 1.54) is 6.07 Å². The fourth-order valence-corrected chi connectivity index (χ4v) is 2.05. The number of aromatic nitrogens is 2. The summed E-state index contributed by atoms with van der Waals surface area (Å²) in [6, 6.07) is 6.77. The van der Waals surface area contributed by atoms with Crippen molar-refractivity contribution in [2.75, 3.05) is 13.1 Å². The largest absolute Gasteiger partial charge is 0.370 e. The minimum Gasteiger partial charge on any atom is -0.370 e. The SMILES string of the molecule is Fc1cccc(-n2cccn2)c1C1=NCCCN1. The Morgan fingerprint density at radius 1 is 1.28 bits per heavy atom. The van der Waals surface area contributed by atoms with Crippen molar-refractivity contribution >= 4 is 5.84 Å². The van der Waals surface area contributed by atoms with E-state index in [0.717, 1.165) is 19.5 Å². The lowest BCUT2D eigenvalue weighted by molar-refractivity contribution is 0.618. The third-order valence-corrected chi connectivity index (χ3v) is 2.88. The van der Waals surface area contributed by atoms with E-state index in [9.17, 15) is 4.39 Å². The van der Waals surface area contributed by atoms with E-state index in [4.69, 9.17) is 0 Å². The van der Waals surface area contributed by atoms with Crippen LogP contribution >= 0.6 is 0 Å². The molecule has 18 heavy (non-hydrogen) atoms. The van der Waals surface area contributed by atoms with E-state index in [0.29, 0.717) is 17.1 Å². The molecule has 1 aliphatic heterocycles. The highest BCUT2D eigenvalue weighted by Crippen LogP contribution is 2.18. The molecule has 5 heteroatoms. The van der Waals surface area contributed by atoms with Gasteiger partial charge in [-0.25, -0.2) is 9.07 Å². The van der Waals surface area contributed by atoms with Gasteiger partial charge >= 0.3 is 0 Å². The average Bonchev–Trinajstić information content (AvgIpc) is 2.93. The van der Waals surface area contributed by atoms with E-state index in [2.05, 4.69) is 15.4 Å². The second kappa shape index (κ2) is 4.60. The van der Waals surface area contributed by atoms with Crippen LogP contribution in [0.5, 0.6) is 0 Å². The topological polar surface area (TPSA) is 42.2 Å². The molecule has 0 saturated carbocycles. The Kier molecular flexibility index (Phi) is 2.80. The van der Waals surface area contributed by atoms with E-state index < -0.39 is 0 Å². The van der Waals surface area contributed by atoms with Crippen molar-refractivity contribution < 1.29 is 4.39 Å². The molecule has 2 aromatic rings. The number of aliphatic imine (C=N–C) groups is 1. The quantitative estimate of drug-likeness (QED) is 0.874. The molecule has 1 aromatic carbocycles. The first-order valence-corrected chi connectivity index (χ1v) is 5.93. The molecule has 0 atom stereocenters. The Hall–Kier alpha value is -2.17. The maximum atomic E-state index is 14.1. The molecule has 92 valence electrons. The Morgan fingerprint density at radius 3 is 2.94 bits per heavy atom. The highest BCUT2D eigenvalue weighted by atomic mass is 19.1. The van der Waals surface area contributed by atoms with Gasteiger partial charge in [-0.2, -0.15) is 5.10 Å². The van der Waals surface area contributed by atoms with E-state index in [1.54, 1.807) is 23.1 Å². The first-order chi connectivity index (χ1) is 8.86. The number of nitrogens with one attached hydrogen (secondary N) is 1. The van der Waals surface area contributed by atoms with Crippen LogP contribution < -0.4 is 5.32 Å². The lowest BCUT2D eigenvalue weighted by Gasteiger charge is -2.18. The van der Waals surface area contributed by atoms with E-state index in [-0.39, 0.29) is 5.82 Å². The number of rotatable bonds is 2. The van der Waals surface area contributed by atoms with Crippen molar-refractivity contribution in [1.82, 2.24) is 15.1 Å². The Bertz CT molecular complexity index is 575. The molecule has 2 heterocycles. The highest BCUT2D eigenvalue weighted by Gasteiger charge is 2.17. The fraction of sp³-hybridized carbons (Fsp3) is 0.231. The zero-order valence-electron chi connectivity index (χ0n) is 9.81. The van der Waals surface area contributed by atoms with Gasteiger partial charge in [-0.3, -0.25) is 4.99 Å². The molecule has 1 aliphatic rings. The molecule has 3 rings (SSSR count). The van der Waals surface area contributed by atoms with Gasteiger partial charge in [-0.05, 0) is 24.6 Å². The van der Waals surface area contributed by atoms with Crippen molar-refractivity contribution in [3.63, 3.8) is 0 Å². The molecule has 0 fully saturated rings. The van der Waals surface area contributed by atoms with Gasteiger partial charge in [0.2, 0.25) is 0 Å².